The second kappa shape index (κ2) is 5.05. The summed E-state index contributed by atoms with van der Waals surface area (Å²) < 4.78 is 40.2. The Labute approximate surface area is 108 Å². The van der Waals surface area contributed by atoms with Crippen LogP contribution in [0, 0.1) is 0 Å². The molecule has 0 aliphatic rings. The molecule has 0 amide bonds. The minimum absolute atomic E-state index is 0.146. The third-order valence-electron chi connectivity index (χ3n) is 2.86. The molecule has 0 saturated carbocycles. The first-order valence-electron chi connectivity index (χ1n) is 5.83. The van der Waals surface area contributed by atoms with Crippen LogP contribution in [0.25, 0.3) is 11.3 Å². The number of nitrogens with two attached hydrogens (primary N) is 1. The summed E-state index contributed by atoms with van der Waals surface area (Å²) in [5.41, 5.74) is 5.91. The molecule has 1 aromatic heterocycles. The Morgan fingerprint density at radius 2 is 1.84 bits per heavy atom. The second-order valence-electron chi connectivity index (χ2n) is 4.20. The van der Waals surface area contributed by atoms with Gasteiger partial charge in [-0.1, -0.05) is 30.3 Å². The van der Waals surface area contributed by atoms with Crippen LogP contribution in [0.5, 0.6) is 0 Å². The van der Waals surface area contributed by atoms with Crippen LogP contribution >= 0.6 is 0 Å². The number of hydrogen-bond donors (Lipinski definition) is 1. The molecule has 2 rings (SSSR count). The smallest absolute Gasteiger partial charge is 0.330 e. The standard InChI is InChI=1S/C13H14F3N3/c1-19-11(9-5-3-2-4-6-9)10(7-8-17)12(18-19)13(14,15)16/h2-6H,7-8,17H2,1H3. The molecule has 0 fully saturated rings. The summed E-state index contributed by atoms with van der Waals surface area (Å²) in [5, 5.41) is 3.61. The van der Waals surface area contributed by atoms with E-state index in [2.05, 4.69) is 5.10 Å². The predicted octanol–water partition coefficient (Wildman–Crippen LogP) is 2.61. The molecule has 0 spiro atoms. The van der Waals surface area contributed by atoms with Crippen molar-refractivity contribution in [1.29, 1.82) is 0 Å². The van der Waals surface area contributed by atoms with Crippen LogP contribution < -0.4 is 5.73 Å². The van der Waals surface area contributed by atoms with Gasteiger partial charge in [-0.05, 0) is 13.0 Å². The predicted molar refractivity (Wildman–Crippen MR) is 66.4 cm³/mol. The van der Waals surface area contributed by atoms with E-state index in [1.54, 1.807) is 24.3 Å². The van der Waals surface area contributed by atoms with Crippen LogP contribution in [0.2, 0.25) is 0 Å². The maximum absolute atomic E-state index is 13.0. The summed E-state index contributed by atoms with van der Waals surface area (Å²) in [6, 6.07) is 8.89. The van der Waals surface area contributed by atoms with Gasteiger partial charge in [0, 0.05) is 18.2 Å². The van der Waals surface area contributed by atoms with E-state index in [0.29, 0.717) is 11.3 Å². The van der Waals surface area contributed by atoms with Crippen molar-refractivity contribution in [2.75, 3.05) is 6.54 Å². The molecule has 2 aromatic rings. The minimum atomic E-state index is -4.46. The Morgan fingerprint density at radius 1 is 1.21 bits per heavy atom. The molecule has 0 aliphatic heterocycles. The van der Waals surface area contributed by atoms with Crippen molar-refractivity contribution in [1.82, 2.24) is 9.78 Å². The maximum Gasteiger partial charge on any atom is 0.435 e. The van der Waals surface area contributed by atoms with Gasteiger partial charge in [-0.15, -0.1) is 0 Å². The van der Waals surface area contributed by atoms with E-state index in [0.717, 1.165) is 0 Å². The second-order valence-corrected chi connectivity index (χ2v) is 4.20. The van der Waals surface area contributed by atoms with Gasteiger partial charge in [-0.25, -0.2) is 0 Å². The van der Waals surface area contributed by atoms with Gasteiger partial charge in [0.05, 0.1) is 5.69 Å². The highest BCUT2D eigenvalue weighted by Gasteiger charge is 2.38. The minimum Gasteiger partial charge on any atom is -0.330 e. The Bertz CT molecular complexity index is 559. The zero-order valence-corrected chi connectivity index (χ0v) is 10.4. The third kappa shape index (κ3) is 2.63. The molecule has 6 heteroatoms. The number of rotatable bonds is 3. The Morgan fingerprint density at radius 3 is 2.37 bits per heavy atom. The normalized spacial score (nSPS) is 11.8. The molecule has 0 saturated heterocycles. The third-order valence-corrected chi connectivity index (χ3v) is 2.86. The first-order valence-corrected chi connectivity index (χ1v) is 5.83. The van der Waals surface area contributed by atoms with Crippen molar-refractivity contribution in [2.45, 2.75) is 12.6 Å². The fraction of sp³-hybridized carbons (Fsp3) is 0.308. The van der Waals surface area contributed by atoms with Gasteiger partial charge in [-0.2, -0.15) is 18.3 Å². The highest BCUT2D eigenvalue weighted by molar-refractivity contribution is 5.65. The van der Waals surface area contributed by atoms with Crippen molar-refractivity contribution in [3.63, 3.8) is 0 Å². The van der Waals surface area contributed by atoms with Gasteiger partial charge in [0.25, 0.3) is 0 Å². The first-order chi connectivity index (χ1) is 8.95. The fourth-order valence-corrected chi connectivity index (χ4v) is 2.13. The first kappa shape index (κ1) is 13.6. The van der Waals surface area contributed by atoms with E-state index in [1.165, 1.54) is 11.7 Å². The lowest BCUT2D eigenvalue weighted by atomic mass is 10.0. The lowest BCUT2D eigenvalue weighted by Crippen LogP contribution is -2.12. The van der Waals surface area contributed by atoms with Gasteiger partial charge >= 0.3 is 6.18 Å². The quantitative estimate of drug-likeness (QED) is 0.930. The Balaban J connectivity index is 2.64. The van der Waals surface area contributed by atoms with Crippen LogP contribution in [0.3, 0.4) is 0 Å². The molecule has 2 N–H and O–H groups in total. The highest BCUT2D eigenvalue weighted by atomic mass is 19.4. The van der Waals surface area contributed by atoms with Crippen molar-refractivity contribution in [2.24, 2.45) is 12.8 Å². The zero-order valence-electron chi connectivity index (χ0n) is 10.4. The molecule has 0 radical (unpaired) electrons. The molecule has 102 valence electrons. The monoisotopic (exact) mass is 269 g/mol. The molecule has 0 aliphatic carbocycles. The lowest BCUT2D eigenvalue weighted by Gasteiger charge is -2.08. The number of aromatic nitrogens is 2. The van der Waals surface area contributed by atoms with Crippen molar-refractivity contribution >= 4 is 0 Å². The van der Waals surface area contributed by atoms with Crippen molar-refractivity contribution in [3.05, 3.63) is 41.6 Å². The summed E-state index contributed by atoms with van der Waals surface area (Å²) in [6.45, 7) is 0.147. The average Bonchev–Trinajstić information content (AvgIpc) is 2.68. The van der Waals surface area contributed by atoms with Crippen LogP contribution in [-0.4, -0.2) is 16.3 Å². The van der Waals surface area contributed by atoms with Gasteiger partial charge in [0.15, 0.2) is 5.69 Å². The van der Waals surface area contributed by atoms with Crippen LogP contribution in [0.15, 0.2) is 30.3 Å². The van der Waals surface area contributed by atoms with E-state index in [-0.39, 0.29) is 18.5 Å². The van der Waals surface area contributed by atoms with Gasteiger partial charge in [0.2, 0.25) is 0 Å². The summed E-state index contributed by atoms with van der Waals surface area (Å²) in [7, 11) is 1.51. The van der Waals surface area contributed by atoms with E-state index >= 15 is 0 Å². The van der Waals surface area contributed by atoms with E-state index in [9.17, 15) is 13.2 Å². The van der Waals surface area contributed by atoms with Crippen molar-refractivity contribution < 1.29 is 13.2 Å². The number of nitrogens with zero attached hydrogens (tertiary/aromatic N) is 2. The van der Waals surface area contributed by atoms with Crippen molar-refractivity contribution in [3.8, 4) is 11.3 Å². The molecule has 1 heterocycles. The van der Waals surface area contributed by atoms with E-state index in [1.807, 2.05) is 6.07 Å². The average molecular weight is 269 g/mol. The summed E-state index contributed by atoms with van der Waals surface area (Å²) in [4.78, 5) is 0. The summed E-state index contributed by atoms with van der Waals surface area (Å²) in [6.07, 6.45) is -4.32. The number of halogens is 3. The largest absolute Gasteiger partial charge is 0.435 e. The fourth-order valence-electron chi connectivity index (χ4n) is 2.13. The number of benzene rings is 1. The SMILES string of the molecule is Cn1nc(C(F)(F)F)c(CCN)c1-c1ccccc1. The molecule has 3 nitrogen and oxygen atoms in total. The highest BCUT2D eigenvalue weighted by Crippen LogP contribution is 2.36. The maximum atomic E-state index is 13.0. The van der Waals surface area contributed by atoms with E-state index < -0.39 is 11.9 Å². The number of alkyl halides is 3. The molecule has 19 heavy (non-hydrogen) atoms. The topological polar surface area (TPSA) is 43.8 Å². The Kier molecular flexibility index (Phi) is 3.61. The van der Waals surface area contributed by atoms with Gasteiger partial charge in [0.1, 0.15) is 0 Å². The summed E-state index contributed by atoms with van der Waals surface area (Å²) in [5.74, 6) is 0. The van der Waals surface area contributed by atoms with Gasteiger partial charge in [-0.3, -0.25) is 4.68 Å². The number of hydrogen-bond acceptors (Lipinski definition) is 2. The molecule has 0 bridgehead atoms. The zero-order chi connectivity index (χ0) is 14.0. The molecule has 0 atom stereocenters. The summed E-state index contributed by atoms with van der Waals surface area (Å²) >= 11 is 0. The molecular formula is C13H14F3N3. The van der Waals surface area contributed by atoms with E-state index in [4.69, 9.17) is 5.73 Å². The van der Waals surface area contributed by atoms with Gasteiger partial charge < -0.3 is 5.73 Å². The number of aryl methyl sites for hydroxylation is 1. The van der Waals surface area contributed by atoms with Crippen LogP contribution in [-0.2, 0) is 19.6 Å². The molecule has 0 unspecified atom stereocenters. The van der Waals surface area contributed by atoms with Crippen LogP contribution in [0.1, 0.15) is 11.3 Å². The lowest BCUT2D eigenvalue weighted by molar-refractivity contribution is -0.142. The molecule has 1 aromatic carbocycles. The van der Waals surface area contributed by atoms with Crippen LogP contribution in [0.4, 0.5) is 13.2 Å². The molecular weight excluding hydrogens is 255 g/mol. The Hall–Kier alpha value is -1.82.